The molecule has 0 aliphatic heterocycles. The summed E-state index contributed by atoms with van der Waals surface area (Å²) < 4.78 is 36.6. The van der Waals surface area contributed by atoms with Gasteiger partial charge in [-0.05, 0) is 40.5 Å². The van der Waals surface area contributed by atoms with Crippen LogP contribution in [0.4, 0.5) is 13.2 Å². The highest BCUT2D eigenvalue weighted by Crippen LogP contribution is 2.31. The Morgan fingerprint density at radius 3 is 2.36 bits per heavy atom. The molecule has 0 fully saturated rings. The van der Waals surface area contributed by atoms with E-state index in [1.807, 2.05) is 22.6 Å². The van der Waals surface area contributed by atoms with Crippen LogP contribution in [0.3, 0.4) is 0 Å². The highest BCUT2D eigenvalue weighted by atomic mass is 127. The largest absolute Gasteiger partial charge is 0.416 e. The van der Waals surface area contributed by atoms with E-state index in [4.69, 9.17) is 0 Å². The van der Waals surface area contributed by atoms with Gasteiger partial charge in [0.2, 0.25) is 0 Å². The smallest absolute Gasteiger partial charge is 0.166 e. The van der Waals surface area contributed by atoms with Crippen molar-refractivity contribution in [2.75, 3.05) is 0 Å². The van der Waals surface area contributed by atoms with Crippen molar-refractivity contribution in [2.45, 2.75) is 6.18 Å². The topological polar surface area (TPSA) is 0 Å². The summed E-state index contributed by atoms with van der Waals surface area (Å²) in [4.78, 5) is 0. The van der Waals surface area contributed by atoms with E-state index in [-0.39, 0.29) is 0 Å². The normalized spacial score (nSPS) is 12.4. The van der Waals surface area contributed by atoms with Crippen molar-refractivity contribution in [1.29, 1.82) is 0 Å². The van der Waals surface area contributed by atoms with Gasteiger partial charge in [0, 0.05) is 3.30 Å². The first-order valence-electron chi connectivity index (χ1n) is 2.69. The molecule has 0 N–H and O–H groups in total. The maximum Gasteiger partial charge on any atom is 0.416 e. The lowest BCUT2D eigenvalue weighted by Gasteiger charge is -2.05. The molecule has 11 heavy (non-hydrogen) atoms. The number of hydrogen-bond acceptors (Lipinski definition) is 0. The Hall–Kier alpha value is 0.170. The lowest BCUT2D eigenvalue weighted by molar-refractivity contribution is -0.137. The van der Waals surface area contributed by atoms with Gasteiger partial charge in [-0.15, -0.1) is 0 Å². The second-order valence-corrected chi connectivity index (χ2v) is 4.92. The summed E-state index contributed by atoms with van der Waals surface area (Å²) in [6, 6.07) is 2.26. The maximum absolute atomic E-state index is 12.0. The second-order valence-electron chi connectivity index (χ2n) is 1.86. The average Bonchev–Trinajstić information content (AvgIpc) is 1.86. The average molecular weight is 290 g/mol. The molecule has 0 aliphatic carbocycles. The number of alkyl halides is 3. The molecule has 60 valence electrons. The highest BCUT2D eigenvalue weighted by Gasteiger charge is 2.30. The number of halogens is 4. The van der Waals surface area contributed by atoms with Crippen molar-refractivity contribution >= 4 is 30.8 Å². The Kier molecular flexibility index (Phi) is 2.75. The van der Waals surface area contributed by atoms with Crippen LogP contribution in [-0.2, 0) is 6.18 Å². The summed E-state index contributed by atoms with van der Waals surface area (Å²) in [6.45, 7) is 0. The van der Waals surface area contributed by atoms with E-state index in [1.54, 1.807) is 0 Å². The van der Waals surface area contributed by atoms with Gasteiger partial charge in [0.1, 0.15) is 0 Å². The molecule has 5 heteroatoms. The molecule has 0 spiro atoms. The molecule has 0 bridgehead atoms. The number of rotatable bonds is 0. The molecule has 0 radical (unpaired) electrons. The van der Waals surface area contributed by atoms with Gasteiger partial charge in [-0.3, -0.25) is 0 Å². The van der Waals surface area contributed by atoms with Gasteiger partial charge in [0.05, 0.1) is 5.56 Å². The molecule has 1 aromatic rings. The molecule has 1 heterocycles. The molecular weight excluding hydrogens is 287 g/mol. The van der Waals surface area contributed by atoms with E-state index in [0.29, 0.717) is 3.30 Å². The molecule has 0 aliphatic rings. The lowest BCUT2D eigenvalue weighted by Crippen LogP contribution is -2.03. The fraction of sp³-hybridized carbons (Fsp3) is 0.167. The third-order valence-corrected chi connectivity index (χ3v) is 2.87. The Balaban J connectivity index is 3.06. The molecule has 0 saturated carbocycles. The SMILES string of the molecule is FC(F)(F)c1ccpc(I)c1. The summed E-state index contributed by atoms with van der Waals surface area (Å²) in [7, 11) is 0.836. The second kappa shape index (κ2) is 3.27. The van der Waals surface area contributed by atoms with Crippen molar-refractivity contribution in [1.82, 2.24) is 0 Å². The van der Waals surface area contributed by atoms with E-state index in [0.717, 1.165) is 20.3 Å². The van der Waals surface area contributed by atoms with Gasteiger partial charge in [-0.2, -0.15) is 13.2 Å². The van der Waals surface area contributed by atoms with Gasteiger partial charge < -0.3 is 0 Å². The van der Waals surface area contributed by atoms with Gasteiger partial charge in [-0.25, -0.2) is 0 Å². The van der Waals surface area contributed by atoms with Gasteiger partial charge in [-0.1, -0.05) is 8.19 Å². The highest BCUT2D eigenvalue weighted by molar-refractivity contribution is 14.1. The minimum atomic E-state index is -4.21. The Morgan fingerprint density at radius 2 is 2.00 bits per heavy atom. The van der Waals surface area contributed by atoms with E-state index in [9.17, 15) is 13.2 Å². The van der Waals surface area contributed by atoms with Crippen molar-refractivity contribution in [3.63, 3.8) is 0 Å². The van der Waals surface area contributed by atoms with Crippen LogP contribution >= 0.6 is 30.8 Å². The van der Waals surface area contributed by atoms with Gasteiger partial charge in [0.15, 0.2) is 0 Å². The quantitative estimate of drug-likeness (QED) is 0.636. The van der Waals surface area contributed by atoms with Crippen LogP contribution in [0, 0.1) is 3.30 Å². The van der Waals surface area contributed by atoms with Crippen LogP contribution in [0.5, 0.6) is 0 Å². The van der Waals surface area contributed by atoms with Gasteiger partial charge >= 0.3 is 6.18 Å². The van der Waals surface area contributed by atoms with Crippen LogP contribution < -0.4 is 0 Å². The fourth-order valence-corrected chi connectivity index (χ4v) is 1.99. The zero-order chi connectivity index (χ0) is 8.48. The molecule has 1 rings (SSSR count). The zero-order valence-electron chi connectivity index (χ0n) is 5.19. The third-order valence-electron chi connectivity index (χ3n) is 1.05. The maximum atomic E-state index is 12.0. The summed E-state index contributed by atoms with van der Waals surface area (Å²) >= 11 is 1.89. The predicted octanol–water partition coefficient (Wildman–Crippen LogP) is 3.89. The van der Waals surface area contributed by atoms with Crippen LogP contribution in [0.15, 0.2) is 17.9 Å². The van der Waals surface area contributed by atoms with Crippen LogP contribution in [0.25, 0.3) is 0 Å². The summed E-state index contributed by atoms with van der Waals surface area (Å²) in [5.74, 6) is 1.49. The molecule has 0 nitrogen and oxygen atoms in total. The van der Waals surface area contributed by atoms with Crippen LogP contribution in [0.1, 0.15) is 5.56 Å². The predicted molar refractivity (Wildman–Crippen MR) is 46.7 cm³/mol. The van der Waals surface area contributed by atoms with E-state index < -0.39 is 11.7 Å². The Labute approximate surface area is 77.1 Å². The summed E-state index contributed by atoms with van der Waals surface area (Å²) in [6.07, 6.45) is -4.21. The third kappa shape index (κ3) is 2.60. The molecule has 0 unspecified atom stereocenters. The molecule has 1 aromatic heterocycles. The van der Waals surface area contributed by atoms with Crippen LogP contribution in [-0.4, -0.2) is 0 Å². The van der Waals surface area contributed by atoms with E-state index in [2.05, 4.69) is 0 Å². The first-order chi connectivity index (χ1) is 5.00. The zero-order valence-corrected chi connectivity index (χ0v) is 8.24. The minimum Gasteiger partial charge on any atom is -0.166 e. The summed E-state index contributed by atoms with van der Waals surface area (Å²) in [5, 5.41) is 0. The first-order valence-corrected chi connectivity index (χ1v) is 4.73. The number of hydrogen-bond donors (Lipinski definition) is 0. The van der Waals surface area contributed by atoms with E-state index >= 15 is 0 Å². The monoisotopic (exact) mass is 290 g/mol. The van der Waals surface area contributed by atoms with Gasteiger partial charge in [0.25, 0.3) is 0 Å². The van der Waals surface area contributed by atoms with E-state index in [1.165, 1.54) is 5.80 Å². The standard InChI is InChI=1S/C6H3F3IP/c7-6(8,9)4-1-2-11-5(10)3-4/h1-3H. The minimum absolute atomic E-state index is 0.569. The molecule has 0 saturated heterocycles. The Bertz CT molecular complexity index is 258. The first kappa shape index (κ1) is 9.26. The van der Waals surface area contributed by atoms with Crippen molar-refractivity contribution in [2.24, 2.45) is 0 Å². The van der Waals surface area contributed by atoms with Crippen LogP contribution in [0.2, 0.25) is 0 Å². The molecule has 0 aromatic carbocycles. The van der Waals surface area contributed by atoms with Crippen molar-refractivity contribution in [3.8, 4) is 0 Å². The summed E-state index contributed by atoms with van der Waals surface area (Å²) in [5.41, 5.74) is -0.569. The van der Waals surface area contributed by atoms with Crippen molar-refractivity contribution < 1.29 is 13.2 Å². The molecule has 0 amide bonds. The lowest BCUT2D eigenvalue weighted by atomic mass is 10.3. The Morgan fingerprint density at radius 1 is 1.36 bits per heavy atom. The fourth-order valence-electron chi connectivity index (χ4n) is 0.579. The molecular formula is C6H3F3IP. The molecule has 0 atom stereocenters. The van der Waals surface area contributed by atoms with Crippen molar-refractivity contribution in [3.05, 3.63) is 26.8 Å².